The fourth-order valence-electron chi connectivity index (χ4n) is 3.31. The molecule has 0 atom stereocenters. The predicted molar refractivity (Wildman–Crippen MR) is 82.8 cm³/mol. The van der Waals surface area contributed by atoms with Crippen LogP contribution in [0.5, 0.6) is 5.75 Å². The first-order chi connectivity index (χ1) is 9.85. The zero-order valence-corrected chi connectivity index (χ0v) is 12.7. The number of fused-ring (bicyclic) bond motifs is 1. The molecular formula is C16H21ClN2O. The van der Waals surface area contributed by atoms with E-state index in [-0.39, 0.29) is 0 Å². The molecule has 0 amide bonds. The quantitative estimate of drug-likeness (QED) is 0.784. The van der Waals surface area contributed by atoms with Crippen LogP contribution in [-0.4, -0.2) is 22.5 Å². The van der Waals surface area contributed by atoms with Crippen molar-refractivity contribution in [1.82, 2.24) is 9.55 Å². The lowest BCUT2D eigenvalue weighted by Crippen LogP contribution is -2.15. The maximum atomic E-state index is 5.96. The molecule has 4 heteroatoms. The number of hydrogen-bond acceptors (Lipinski definition) is 2. The van der Waals surface area contributed by atoms with Gasteiger partial charge < -0.3 is 9.30 Å². The number of ether oxygens (including phenoxy) is 1. The lowest BCUT2D eigenvalue weighted by atomic mass is 9.95. The Morgan fingerprint density at radius 3 is 2.80 bits per heavy atom. The Hall–Kier alpha value is -1.22. The number of nitrogens with zero attached hydrogens (tertiary/aromatic N) is 2. The van der Waals surface area contributed by atoms with Gasteiger partial charge in [-0.15, -0.1) is 11.6 Å². The largest absolute Gasteiger partial charge is 0.494 e. The number of para-hydroxylation sites is 1. The van der Waals surface area contributed by atoms with Gasteiger partial charge in [0.15, 0.2) is 0 Å². The molecule has 0 unspecified atom stereocenters. The number of imidazole rings is 1. The molecule has 2 aromatic rings. The van der Waals surface area contributed by atoms with Gasteiger partial charge in [-0.2, -0.15) is 0 Å². The Balaban J connectivity index is 2.13. The Kier molecular flexibility index (Phi) is 4.16. The maximum Gasteiger partial charge on any atom is 0.146 e. The Labute approximate surface area is 124 Å². The molecule has 0 N–H and O–H groups in total. The van der Waals surface area contributed by atoms with E-state index in [0.717, 1.165) is 23.5 Å². The third-order valence-electron chi connectivity index (χ3n) is 4.23. The molecule has 3 rings (SSSR count). The van der Waals surface area contributed by atoms with E-state index < -0.39 is 0 Å². The number of hydrogen-bond donors (Lipinski definition) is 0. The normalized spacial score (nSPS) is 16.7. The number of aryl methyl sites for hydroxylation is 1. The fourth-order valence-corrected chi connectivity index (χ4v) is 3.48. The van der Waals surface area contributed by atoms with E-state index in [4.69, 9.17) is 21.3 Å². The van der Waals surface area contributed by atoms with Gasteiger partial charge in [-0.1, -0.05) is 25.3 Å². The summed E-state index contributed by atoms with van der Waals surface area (Å²) in [6.07, 6.45) is 7.30. The summed E-state index contributed by atoms with van der Waals surface area (Å²) in [7, 11) is 1.70. The highest BCUT2D eigenvalue weighted by Gasteiger charge is 2.22. The van der Waals surface area contributed by atoms with E-state index in [1.54, 1.807) is 7.11 Å². The van der Waals surface area contributed by atoms with Crippen LogP contribution in [0.4, 0.5) is 0 Å². The smallest absolute Gasteiger partial charge is 0.146 e. The van der Waals surface area contributed by atoms with Crippen molar-refractivity contribution in [2.24, 2.45) is 0 Å². The van der Waals surface area contributed by atoms with Crippen molar-refractivity contribution in [3.63, 3.8) is 0 Å². The van der Waals surface area contributed by atoms with E-state index in [9.17, 15) is 0 Å². The van der Waals surface area contributed by atoms with Gasteiger partial charge in [-0.3, -0.25) is 0 Å². The highest BCUT2D eigenvalue weighted by Crippen LogP contribution is 2.35. The summed E-state index contributed by atoms with van der Waals surface area (Å²) >= 11 is 5.96. The highest BCUT2D eigenvalue weighted by atomic mass is 35.5. The number of aromatic nitrogens is 2. The van der Waals surface area contributed by atoms with Gasteiger partial charge in [0.05, 0.1) is 12.6 Å². The lowest BCUT2D eigenvalue weighted by molar-refractivity contribution is 0.353. The van der Waals surface area contributed by atoms with Crippen LogP contribution in [-0.2, 0) is 6.42 Å². The van der Waals surface area contributed by atoms with Crippen molar-refractivity contribution in [2.75, 3.05) is 13.0 Å². The second kappa shape index (κ2) is 6.04. The summed E-state index contributed by atoms with van der Waals surface area (Å²) in [5.74, 6) is 2.57. The lowest BCUT2D eigenvalue weighted by Gasteiger charge is -2.25. The molecule has 0 spiro atoms. The van der Waals surface area contributed by atoms with Gasteiger partial charge in [0.25, 0.3) is 0 Å². The minimum Gasteiger partial charge on any atom is -0.494 e. The van der Waals surface area contributed by atoms with Crippen LogP contribution < -0.4 is 4.74 Å². The van der Waals surface area contributed by atoms with Crippen LogP contribution in [0.25, 0.3) is 11.0 Å². The van der Waals surface area contributed by atoms with Crippen LogP contribution in [0.2, 0.25) is 0 Å². The summed E-state index contributed by atoms with van der Waals surface area (Å²) in [6.45, 7) is 0. The molecule has 0 bridgehead atoms. The Morgan fingerprint density at radius 2 is 2.10 bits per heavy atom. The molecule has 0 radical (unpaired) electrons. The molecule has 1 aliphatic rings. The van der Waals surface area contributed by atoms with Crippen molar-refractivity contribution < 1.29 is 4.74 Å². The number of halogens is 1. The van der Waals surface area contributed by atoms with Gasteiger partial charge in [-0.05, 0) is 25.0 Å². The monoisotopic (exact) mass is 292 g/mol. The second-order valence-corrected chi connectivity index (χ2v) is 5.83. The van der Waals surface area contributed by atoms with Gasteiger partial charge in [0.2, 0.25) is 0 Å². The number of alkyl halides is 1. The first-order valence-electron chi connectivity index (χ1n) is 7.45. The number of methoxy groups -OCH3 is 1. The molecule has 1 heterocycles. The zero-order chi connectivity index (χ0) is 13.9. The summed E-state index contributed by atoms with van der Waals surface area (Å²) in [5, 5.41) is 0. The van der Waals surface area contributed by atoms with E-state index in [0.29, 0.717) is 11.9 Å². The van der Waals surface area contributed by atoms with Crippen LogP contribution in [0.3, 0.4) is 0 Å². The zero-order valence-electron chi connectivity index (χ0n) is 11.9. The van der Waals surface area contributed by atoms with Gasteiger partial charge >= 0.3 is 0 Å². The van der Waals surface area contributed by atoms with Gasteiger partial charge in [-0.25, -0.2) is 4.98 Å². The van der Waals surface area contributed by atoms with Crippen LogP contribution in [0, 0.1) is 0 Å². The molecule has 1 fully saturated rings. The van der Waals surface area contributed by atoms with E-state index in [2.05, 4.69) is 10.6 Å². The van der Waals surface area contributed by atoms with Crippen LogP contribution in [0.1, 0.15) is 44.0 Å². The standard InChI is InChI=1S/C16H21ClN2O/c1-20-14-9-5-8-13-16(14)18-15(10-11-17)19(13)12-6-3-2-4-7-12/h5,8-9,12H,2-4,6-7,10-11H2,1H3. The summed E-state index contributed by atoms with van der Waals surface area (Å²) in [5.41, 5.74) is 2.16. The van der Waals surface area contributed by atoms with E-state index >= 15 is 0 Å². The molecule has 108 valence electrons. The van der Waals surface area contributed by atoms with E-state index in [1.165, 1.54) is 37.6 Å². The van der Waals surface area contributed by atoms with Crippen molar-refractivity contribution in [2.45, 2.75) is 44.6 Å². The number of rotatable bonds is 4. The highest BCUT2D eigenvalue weighted by molar-refractivity contribution is 6.17. The Morgan fingerprint density at radius 1 is 1.30 bits per heavy atom. The predicted octanol–water partition coefficient (Wildman–Crippen LogP) is 4.33. The average molecular weight is 293 g/mol. The third-order valence-corrected chi connectivity index (χ3v) is 4.42. The van der Waals surface area contributed by atoms with Crippen LogP contribution >= 0.6 is 11.6 Å². The van der Waals surface area contributed by atoms with Crippen molar-refractivity contribution in [3.8, 4) is 5.75 Å². The van der Waals surface area contributed by atoms with Crippen molar-refractivity contribution >= 4 is 22.6 Å². The number of benzene rings is 1. The SMILES string of the molecule is COc1cccc2c1nc(CCCl)n2C1CCCCC1. The maximum absolute atomic E-state index is 5.96. The molecule has 20 heavy (non-hydrogen) atoms. The third kappa shape index (κ3) is 2.39. The van der Waals surface area contributed by atoms with Gasteiger partial charge in [0, 0.05) is 18.3 Å². The second-order valence-electron chi connectivity index (χ2n) is 5.46. The first-order valence-corrected chi connectivity index (χ1v) is 7.98. The molecule has 1 aliphatic carbocycles. The molecule has 0 aliphatic heterocycles. The molecule has 0 saturated heterocycles. The molecule has 1 aromatic heterocycles. The summed E-state index contributed by atoms with van der Waals surface area (Å²) in [6, 6.07) is 6.74. The summed E-state index contributed by atoms with van der Waals surface area (Å²) in [4.78, 5) is 4.80. The molecule has 1 aromatic carbocycles. The van der Waals surface area contributed by atoms with Crippen LogP contribution in [0.15, 0.2) is 18.2 Å². The fraction of sp³-hybridized carbons (Fsp3) is 0.562. The molecule has 1 saturated carbocycles. The summed E-state index contributed by atoms with van der Waals surface area (Å²) < 4.78 is 7.87. The minimum absolute atomic E-state index is 0.569. The van der Waals surface area contributed by atoms with Gasteiger partial charge in [0.1, 0.15) is 17.1 Å². The molecular weight excluding hydrogens is 272 g/mol. The average Bonchev–Trinajstić information content (AvgIpc) is 2.86. The first kappa shape index (κ1) is 13.7. The topological polar surface area (TPSA) is 27.1 Å². The molecule has 3 nitrogen and oxygen atoms in total. The Bertz CT molecular complexity index is 587. The van der Waals surface area contributed by atoms with Crippen molar-refractivity contribution in [3.05, 3.63) is 24.0 Å². The minimum atomic E-state index is 0.569. The van der Waals surface area contributed by atoms with E-state index in [1.807, 2.05) is 12.1 Å². The van der Waals surface area contributed by atoms with Crippen molar-refractivity contribution in [1.29, 1.82) is 0 Å².